The van der Waals surface area contributed by atoms with Gasteiger partial charge in [0.15, 0.2) is 0 Å². The van der Waals surface area contributed by atoms with Crippen LogP contribution in [0.3, 0.4) is 0 Å². The quantitative estimate of drug-likeness (QED) is 0.679. The van der Waals surface area contributed by atoms with Crippen molar-refractivity contribution in [1.29, 1.82) is 0 Å². The van der Waals surface area contributed by atoms with Gasteiger partial charge >= 0.3 is 0 Å². The van der Waals surface area contributed by atoms with Gasteiger partial charge in [-0.3, -0.25) is 5.01 Å². The van der Waals surface area contributed by atoms with Gasteiger partial charge in [0.25, 0.3) is 0 Å². The van der Waals surface area contributed by atoms with Gasteiger partial charge in [0, 0.05) is 11.1 Å². The van der Waals surface area contributed by atoms with Crippen molar-refractivity contribution in [3.05, 3.63) is 71.3 Å². The molecule has 144 valence electrons. The minimum atomic E-state index is -0.0566. The zero-order valence-electron chi connectivity index (χ0n) is 15.6. The molecule has 1 unspecified atom stereocenters. The normalized spacial score (nSPS) is 18.0. The molecule has 28 heavy (non-hydrogen) atoms. The van der Waals surface area contributed by atoms with Gasteiger partial charge in [-0.2, -0.15) is 5.10 Å². The SMILES string of the molecule is Clc1ccc(C(c2ccc3c(c2)N(C2CCCCC2)NN3)n2cncn2)cc1. The lowest BCUT2D eigenvalue weighted by atomic mass is 9.94. The molecule has 2 N–H and O–H groups in total. The van der Waals surface area contributed by atoms with E-state index in [-0.39, 0.29) is 6.04 Å². The second-order valence-corrected chi connectivity index (χ2v) is 7.94. The monoisotopic (exact) mass is 394 g/mol. The minimum Gasteiger partial charge on any atom is -0.302 e. The molecular formula is C21H23ClN6. The third-order valence-electron chi connectivity index (χ3n) is 5.73. The number of nitrogens with one attached hydrogen (secondary N) is 2. The van der Waals surface area contributed by atoms with Gasteiger partial charge in [0.2, 0.25) is 0 Å². The molecule has 5 rings (SSSR count). The Morgan fingerprint density at radius 1 is 1.00 bits per heavy atom. The number of halogens is 1. The largest absolute Gasteiger partial charge is 0.302 e. The fourth-order valence-corrected chi connectivity index (χ4v) is 4.45. The van der Waals surface area contributed by atoms with Crippen LogP contribution < -0.4 is 16.0 Å². The van der Waals surface area contributed by atoms with E-state index in [1.165, 1.54) is 37.8 Å². The molecule has 0 amide bonds. The molecule has 1 fully saturated rings. The lowest BCUT2D eigenvalue weighted by molar-refractivity contribution is 0.401. The maximum absolute atomic E-state index is 6.11. The second kappa shape index (κ2) is 7.45. The summed E-state index contributed by atoms with van der Waals surface area (Å²) in [6.45, 7) is 0. The maximum Gasteiger partial charge on any atom is 0.137 e. The third-order valence-corrected chi connectivity index (χ3v) is 5.99. The van der Waals surface area contributed by atoms with Crippen LogP contribution in [0.15, 0.2) is 55.1 Å². The molecule has 1 aliphatic carbocycles. The van der Waals surface area contributed by atoms with Crippen LogP contribution in [0, 0.1) is 0 Å². The first-order valence-corrected chi connectivity index (χ1v) is 10.2. The van der Waals surface area contributed by atoms with Crippen molar-refractivity contribution in [2.75, 3.05) is 10.4 Å². The Balaban J connectivity index is 1.54. The van der Waals surface area contributed by atoms with Gasteiger partial charge in [-0.25, -0.2) is 9.67 Å². The van der Waals surface area contributed by atoms with Crippen LogP contribution in [-0.2, 0) is 0 Å². The van der Waals surface area contributed by atoms with Crippen molar-refractivity contribution in [2.24, 2.45) is 0 Å². The highest BCUT2D eigenvalue weighted by atomic mass is 35.5. The van der Waals surface area contributed by atoms with E-state index in [9.17, 15) is 0 Å². The Kier molecular flexibility index (Phi) is 4.66. The average molecular weight is 395 g/mol. The molecule has 1 saturated carbocycles. The van der Waals surface area contributed by atoms with Crippen LogP contribution in [0.5, 0.6) is 0 Å². The number of anilines is 2. The Bertz CT molecular complexity index is 934. The zero-order valence-corrected chi connectivity index (χ0v) is 16.3. The molecule has 1 aliphatic heterocycles. The predicted octanol–water partition coefficient (Wildman–Crippen LogP) is 4.55. The first-order valence-electron chi connectivity index (χ1n) is 9.84. The molecule has 2 heterocycles. The summed E-state index contributed by atoms with van der Waals surface area (Å²) < 4.78 is 1.89. The van der Waals surface area contributed by atoms with E-state index in [0.717, 1.165) is 21.8 Å². The van der Waals surface area contributed by atoms with Crippen LogP contribution in [0.2, 0.25) is 5.02 Å². The molecule has 1 atom stereocenters. The minimum absolute atomic E-state index is 0.0566. The van der Waals surface area contributed by atoms with Gasteiger partial charge in [-0.05, 0) is 48.2 Å². The number of hydrazine groups is 2. The van der Waals surface area contributed by atoms with Crippen molar-refractivity contribution in [3.8, 4) is 0 Å². The summed E-state index contributed by atoms with van der Waals surface area (Å²) in [5.41, 5.74) is 11.3. The van der Waals surface area contributed by atoms with Crippen molar-refractivity contribution >= 4 is 23.0 Å². The number of nitrogens with zero attached hydrogens (tertiary/aromatic N) is 4. The van der Waals surface area contributed by atoms with Crippen molar-refractivity contribution in [1.82, 2.24) is 20.3 Å². The molecule has 0 spiro atoms. The fourth-order valence-electron chi connectivity index (χ4n) is 4.33. The number of aromatic nitrogens is 3. The number of hydrogen-bond acceptors (Lipinski definition) is 5. The molecule has 2 aliphatic rings. The number of hydrogen-bond donors (Lipinski definition) is 2. The first-order chi connectivity index (χ1) is 13.8. The summed E-state index contributed by atoms with van der Waals surface area (Å²) in [4.78, 5) is 4.16. The Morgan fingerprint density at radius 2 is 1.79 bits per heavy atom. The van der Waals surface area contributed by atoms with Gasteiger partial charge < -0.3 is 5.43 Å². The second-order valence-electron chi connectivity index (χ2n) is 7.50. The molecule has 7 heteroatoms. The van der Waals surface area contributed by atoms with Crippen LogP contribution in [-0.4, -0.2) is 20.8 Å². The van der Waals surface area contributed by atoms with E-state index in [1.807, 2.05) is 16.8 Å². The average Bonchev–Trinajstić information content (AvgIpc) is 3.40. The highest BCUT2D eigenvalue weighted by Crippen LogP contribution is 2.38. The Morgan fingerprint density at radius 3 is 2.54 bits per heavy atom. The molecule has 2 aromatic carbocycles. The molecule has 1 aromatic heterocycles. The third kappa shape index (κ3) is 3.23. The molecular weight excluding hydrogens is 372 g/mol. The highest BCUT2D eigenvalue weighted by molar-refractivity contribution is 6.30. The number of rotatable bonds is 4. The van der Waals surface area contributed by atoms with Crippen LogP contribution in [0.25, 0.3) is 0 Å². The summed E-state index contributed by atoms with van der Waals surface area (Å²) in [6, 6.07) is 15.0. The topological polar surface area (TPSA) is 58.0 Å². The van der Waals surface area contributed by atoms with Gasteiger partial charge in [0.05, 0.1) is 11.4 Å². The summed E-state index contributed by atoms with van der Waals surface area (Å²) in [5, 5.41) is 7.45. The van der Waals surface area contributed by atoms with Crippen LogP contribution >= 0.6 is 11.6 Å². The maximum atomic E-state index is 6.11. The van der Waals surface area contributed by atoms with Crippen molar-refractivity contribution < 1.29 is 0 Å². The lowest BCUT2D eigenvalue weighted by Crippen LogP contribution is -2.45. The molecule has 3 aromatic rings. The van der Waals surface area contributed by atoms with E-state index >= 15 is 0 Å². The van der Waals surface area contributed by atoms with E-state index in [2.05, 4.69) is 56.4 Å². The molecule has 0 bridgehead atoms. The number of benzene rings is 2. The van der Waals surface area contributed by atoms with Crippen molar-refractivity contribution in [3.63, 3.8) is 0 Å². The van der Waals surface area contributed by atoms with E-state index < -0.39 is 0 Å². The first kappa shape index (κ1) is 17.5. The highest BCUT2D eigenvalue weighted by Gasteiger charge is 2.29. The van der Waals surface area contributed by atoms with Gasteiger partial charge in [-0.15, -0.1) is 5.53 Å². The summed E-state index contributed by atoms with van der Waals surface area (Å²) in [5.74, 6) is 0. The van der Waals surface area contributed by atoms with Gasteiger partial charge in [0.1, 0.15) is 18.7 Å². The molecule has 0 radical (unpaired) electrons. The Hall–Kier alpha value is -2.57. The lowest BCUT2D eigenvalue weighted by Gasteiger charge is -2.32. The van der Waals surface area contributed by atoms with E-state index in [0.29, 0.717) is 6.04 Å². The van der Waals surface area contributed by atoms with E-state index in [4.69, 9.17) is 11.6 Å². The smallest absolute Gasteiger partial charge is 0.137 e. The summed E-state index contributed by atoms with van der Waals surface area (Å²) in [7, 11) is 0. The molecule has 6 nitrogen and oxygen atoms in total. The van der Waals surface area contributed by atoms with Crippen molar-refractivity contribution in [2.45, 2.75) is 44.2 Å². The fraction of sp³-hybridized carbons (Fsp3) is 0.333. The van der Waals surface area contributed by atoms with E-state index in [1.54, 1.807) is 12.7 Å². The standard InChI is InChI=1S/C21H23ClN6/c22-17-9-6-15(7-10-17)21(27-14-23-13-24-27)16-8-11-19-20(12-16)28(26-25-19)18-4-2-1-3-5-18/h6-14,18,21,25-26H,1-5H2. The van der Waals surface area contributed by atoms with Crippen LogP contribution in [0.4, 0.5) is 11.4 Å². The summed E-state index contributed by atoms with van der Waals surface area (Å²) in [6.07, 6.45) is 9.73. The number of fused-ring (bicyclic) bond motifs is 1. The summed E-state index contributed by atoms with van der Waals surface area (Å²) >= 11 is 6.11. The zero-order chi connectivity index (χ0) is 18.9. The predicted molar refractivity (Wildman–Crippen MR) is 111 cm³/mol. The van der Waals surface area contributed by atoms with Gasteiger partial charge in [-0.1, -0.05) is 49.1 Å². The Labute approximate surface area is 169 Å². The molecule has 0 saturated heterocycles. The van der Waals surface area contributed by atoms with Crippen LogP contribution in [0.1, 0.15) is 49.3 Å².